The number of amides is 1. The van der Waals surface area contributed by atoms with Crippen LogP contribution in [0.15, 0.2) is 30.3 Å². The molecule has 0 bridgehead atoms. The van der Waals surface area contributed by atoms with Crippen LogP contribution in [0.4, 0.5) is 28.8 Å². The Labute approximate surface area is 179 Å². The summed E-state index contributed by atoms with van der Waals surface area (Å²) in [5.41, 5.74) is 8.12. The molecular formula is C20H22ClN7O2. The lowest BCUT2D eigenvalue weighted by Crippen LogP contribution is -2.22. The average molecular weight is 428 g/mol. The van der Waals surface area contributed by atoms with Crippen molar-refractivity contribution in [2.45, 2.75) is 13.8 Å². The second kappa shape index (κ2) is 8.83. The molecule has 0 fully saturated rings. The van der Waals surface area contributed by atoms with E-state index in [9.17, 15) is 4.79 Å². The van der Waals surface area contributed by atoms with Crippen LogP contribution in [0.25, 0.3) is 0 Å². The highest BCUT2D eigenvalue weighted by molar-refractivity contribution is 6.32. The summed E-state index contributed by atoms with van der Waals surface area (Å²) in [6.45, 7) is 3.67. The van der Waals surface area contributed by atoms with E-state index in [-0.39, 0.29) is 17.3 Å². The molecule has 0 unspecified atom stereocenters. The van der Waals surface area contributed by atoms with E-state index in [0.717, 1.165) is 5.69 Å². The van der Waals surface area contributed by atoms with Crippen molar-refractivity contribution in [1.29, 1.82) is 0 Å². The topological polar surface area (TPSA) is 127 Å². The summed E-state index contributed by atoms with van der Waals surface area (Å²) in [5, 5.41) is 9.28. The number of para-hydroxylation sites is 1. The number of carbonyl (C=O) groups is 1. The molecule has 0 radical (unpaired) electrons. The van der Waals surface area contributed by atoms with Gasteiger partial charge in [0.15, 0.2) is 5.75 Å². The van der Waals surface area contributed by atoms with Crippen LogP contribution in [0, 0.1) is 13.8 Å². The van der Waals surface area contributed by atoms with E-state index in [1.807, 2.05) is 6.92 Å². The summed E-state index contributed by atoms with van der Waals surface area (Å²) in [5.74, 6) is 1.68. The number of benzene rings is 1. The Morgan fingerprint density at radius 3 is 2.47 bits per heavy atom. The molecule has 0 aliphatic rings. The number of nitrogens with zero attached hydrogens (tertiary/aromatic N) is 3. The minimum atomic E-state index is -0.385. The molecule has 0 aliphatic heterocycles. The lowest BCUT2D eigenvalue weighted by molar-refractivity contribution is 0.0964. The van der Waals surface area contributed by atoms with Crippen molar-refractivity contribution < 1.29 is 9.53 Å². The van der Waals surface area contributed by atoms with Gasteiger partial charge in [-0.05, 0) is 26.0 Å². The standard InChI is InChI=1S/C20H22ClN7O2/c1-10-8-15(25-11(2)24-10)27-16-9-14(17(19(22)28-16)20(29)23-3)26-13-7-5-6-12(21)18(13)30-4/h5-9H,1-4H3,(H,23,29)(H4,22,24,25,26,27,28). The molecule has 0 spiro atoms. The van der Waals surface area contributed by atoms with E-state index in [0.29, 0.717) is 39.6 Å². The minimum Gasteiger partial charge on any atom is -0.493 e. The van der Waals surface area contributed by atoms with Crippen LogP contribution in [0.1, 0.15) is 21.9 Å². The lowest BCUT2D eigenvalue weighted by atomic mass is 10.1. The Balaban J connectivity index is 2.07. The summed E-state index contributed by atoms with van der Waals surface area (Å²) in [6, 6.07) is 8.69. The third-order valence-electron chi connectivity index (χ3n) is 4.16. The van der Waals surface area contributed by atoms with Gasteiger partial charge in [0.2, 0.25) is 0 Å². The van der Waals surface area contributed by atoms with Gasteiger partial charge in [0, 0.05) is 24.9 Å². The van der Waals surface area contributed by atoms with Crippen LogP contribution < -0.4 is 26.4 Å². The Morgan fingerprint density at radius 2 is 1.80 bits per heavy atom. The number of hydrogen-bond donors (Lipinski definition) is 4. The molecule has 10 heteroatoms. The average Bonchev–Trinajstić information content (AvgIpc) is 2.66. The minimum absolute atomic E-state index is 0.0466. The maximum absolute atomic E-state index is 12.5. The molecule has 0 atom stereocenters. The van der Waals surface area contributed by atoms with E-state index in [1.54, 1.807) is 37.3 Å². The van der Waals surface area contributed by atoms with Crippen LogP contribution in [0.5, 0.6) is 5.75 Å². The molecule has 3 rings (SSSR count). The number of pyridine rings is 1. The molecule has 30 heavy (non-hydrogen) atoms. The first-order chi connectivity index (χ1) is 14.3. The van der Waals surface area contributed by atoms with Gasteiger partial charge in [0.25, 0.3) is 5.91 Å². The molecule has 2 heterocycles. The number of anilines is 5. The summed E-state index contributed by atoms with van der Waals surface area (Å²) < 4.78 is 5.38. The van der Waals surface area contributed by atoms with Gasteiger partial charge in [0.05, 0.1) is 23.5 Å². The van der Waals surface area contributed by atoms with Gasteiger partial charge in [-0.25, -0.2) is 15.0 Å². The highest BCUT2D eigenvalue weighted by atomic mass is 35.5. The Kier molecular flexibility index (Phi) is 6.22. The molecule has 0 saturated carbocycles. The fourth-order valence-corrected chi connectivity index (χ4v) is 3.21. The third-order valence-corrected chi connectivity index (χ3v) is 4.46. The lowest BCUT2D eigenvalue weighted by Gasteiger charge is -2.17. The maximum Gasteiger partial charge on any atom is 0.256 e. The largest absolute Gasteiger partial charge is 0.493 e. The van der Waals surface area contributed by atoms with Gasteiger partial charge in [0.1, 0.15) is 28.8 Å². The number of rotatable bonds is 6. The fraction of sp³-hybridized carbons (Fsp3) is 0.200. The normalized spacial score (nSPS) is 10.4. The number of nitrogens with one attached hydrogen (secondary N) is 3. The van der Waals surface area contributed by atoms with Crippen LogP contribution in [0.2, 0.25) is 5.02 Å². The number of halogens is 1. The zero-order valence-corrected chi connectivity index (χ0v) is 17.8. The van der Waals surface area contributed by atoms with Crippen LogP contribution in [-0.4, -0.2) is 35.0 Å². The number of methoxy groups -OCH3 is 1. The van der Waals surface area contributed by atoms with Gasteiger partial charge in [-0.2, -0.15) is 0 Å². The summed E-state index contributed by atoms with van der Waals surface area (Å²) in [6.07, 6.45) is 0. The van der Waals surface area contributed by atoms with Gasteiger partial charge in [-0.3, -0.25) is 4.79 Å². The molecule has 0 aliphatic carbocycles. The summed E-state index contributed by atoms with van der Waals surface area (Å²) >= 11 is 6.22. The number of aromatic nitrogens is 3. The number of nitrogen functional groups attached to an aromatic ring is 1. The third kappa shape index (κ3) is 4.52. The van der Waals surface area contributed by atoms with Gasteiger partial charge < -0.3 is 26.4 Å². The molecule has 1 aromatic carbocycles. The van der Waals surface area contributed by atoms with Gasteiger partial charge in [-0.15, -0.1) is 0 Å². The van der Waals surface area contributed by atoms with Crippen molar-refractivity contribution >= 4 is 46.3 Å². The van der Waals surface area contributed by atoms with Crippen LogP contribution >= 0.6 is 11.6 Å². The molecular weight excluding hydrogens is 406 g/mol. The van der Waals surface area contributed by atoms with E-state index >= 15 is 0 Å². The van der Waals surface area contributed by atoms with E-state index < -0.39 is 0 Å². The van der Waals surface area contributed by atoms with Crippen LogP contribution in [0.3, 0.4) is 0 Å². The predicted molar refractivity (Wildman–Crippen MR) is 118 cm³/mol. The van der Waals surface area contributed by atoms with Crippen molar-refractivity contribution in [3.63, 3.8) is 0 Å². The first-order valence-electron chi connectivity index (χ1n) is 9.03. The number of hydrogen-bond acceptors (Lipinski definition) is 8. The van der Waals surface area contributed by atoms with E-state index in [2.05, 4.69) is 30.9 Å². The van der Waals surface area contributed by atoms with Crippen LogP contribution in [-0.2, 0) is 0 Å². The smallest absolute Gasteiger partial charge is 0.256 e. The van der Waals surface area contributed by atoms with Crippen molar-refractivity contribution in [3.05, 3.63) is 52.4 Å². The second-order valence-electron chi connectivity index (χ2n) is 6.41. The van der Waals surface area contributed by atoms with Crippen molar-refractivity contribution in [2.75, 3.05) is 30.5 Å². The Bertz CT molecular complexity index is 1080. The second-order valence-corrected chi connectivity index (χ2v) is 6.81. The highest BCUT2D eigenvalue weighted by Gasteiger charge is 2.19. The first kappa shape index (κ1) is 21.1. The molecule has 1 amide bonds. The zero-order chi connectivity index (χ0) is 21.8. The zero-order valence-electron chi connectivity index (χ0n) is 17.0. The highest BCUT2D eigenvalue weighted by Crippen LogP contribution is 2.36. The number of ether oxygens (including phenoxy) is 1. The maximum atomic E-state index is 12.5. The summed E-state index contributed by atoms with van der Waals surface area (Å²) in [7, 11) is 3.03. The molecule has 156 valence electrons. The van der Waals surface area contributed by atoms with E-state index in [4.69, 9.17) is 22.1 Å². The van der Waals surface area contributed by atoms with Crippen molar-refractivity contribution in [1.82, 2.24) is 20.3 Å². The van der Waals surface area contributed by atoms with Crippen molar-refractivity contribution in [2.24, 2.45) is 0 Å². The number of nitrogens with two attached hydrogens (primary N) is 1. The number of carbonyl (C=O) groups excluding carboxylic acids is 1. The predicted octanol–water partition coefficient (Wildman–Crippen LogP) is 3.58. The fourth-order valence-electron chi connectivity index (χ4n) is 2.96. The molecule has 5 N–H and O–H groups in total. The summed E-state index contributed by atoms with van der Waals surface area (Å²) in [4.78, 5) is 25.4. The molecule has 2 aromatic heterocycles. The Morgan fingerprint density at radius 1 is 1.07 bits per heavy atom. The first-order valence-corrected chi connectivity index (χ1v) is 9.41. The molecule has 3 aromatic rings. The SMILES string of the molecule is CNC(=O)c1c(Nc2cccc(Cl)c2OC)cc(Nc2cc(C)nc(C)n2)nc1N. The van der Waals surface area contributed by atoms with Gasteiger partial charge in [-0.1, -0.05) is 17.7 Å². The van der Waals surface area contributed by atoms with Gasteiger partial charge >= 0.3 is 0 Å². The van der Waals surface area contributed by atoms with E-state index in [1.165, 1.54) is 14.2 Å². The molecule has 9 nitrogen and oxygen atoms in total. The quantitative estimate of drug-likeness (QED) is 0.470. The monoisotopic (exact) mass is 427 g/mol. The molecule has 0 saturated heterocycles. The van der Waals surface area contributed by atoms with Crippen molar-refractivity contribution in [3.8, 4) is 5.75 Å². The number of aryl methyl sites for hydroxylation is 2. The Hall–Kier alpha value is -3.59.